The lowest BCUT2D eigenvalue weighted by Crippen LogP contribution is -2.09. The first-order valence-corrected chi connectivity index (χ1v) is 5.81. The number of hydrogen-bond donors (Lipinski definition) is 0. The molecule has 0 radical (unpaired) electrons. The molecule has 0 saturated heterocycles. The van der Waals surface area contributed by atoms with Crippen LogP contribution < -0.4 is 0 Å². The van der Waals surface area contributed by atoms with E-state index < -0.39 is 8.38 Å². The van der Waals surface area contributed by atoms with Gasteiger partial charge in [0.25, 0.3) is 0 Å². The predicted molar refractivity (Wildman–Crippen MR) is 54.5 cm³/mol. The summed E-state index contributed by atoms with van der Waals surface area (Å²) >= 11 is 0. The Morgan fingerprint density at radius 2 is 1.08 bits per heavy atom. The van der Waals surface area contributed by atoms with Crippen LogP contribution in [0.4, 0.5) is 0 Å². The van der Waals surface area contributed by atoms with E-state index in [9.17, 15) is 0 Å². The van der Waals surface area contributed by atoms with Crippen LogP contribution >= 0.6 is 8.38 Å². The first-order chi connectivity index (χ1) is 5.43. The monoisotopic (exact) mass is 192 g/mol. The Kier molecular flexibility index (Phi) is 6.08. The van der Waals surface area contributed by atoms with E-state index in [1.807, 2.05) is 27.7 Å². The highest BCUT2D eigenvalue weighted by molar-refractivity contribution is 7.48. The quantitative estimate of drug-likeness (QED) is 0.620. The van der Waals surface area contributed by atoms with Crippen molar-refractivity contribution in [2.24, 2.45) is 0 Å². The van der Waals surface area contributed by atoms with E-state index in [-0.39, 0.29) is 12.2 Å². The van der Waals surface area contributed by atoms with E-state index in [1.165, 1.54) is 0 Å². The first-order valence-electron chi connectivity index (χ1n) is 4.56. The van der Waals surface area contributed by atoms with Crippen molar-refractivity contribution in [3.63, 3.8) is 0 Å². The smallest absolute Gasteiger partial charge is 0.173 e. The van der Waals surface area contributed by atoms with Crippen LogP contribution in [0.3, 0.4) is 0 Å². The van der Waals surface area contributed by atoms with E-state index >= 15 is 0 Å². The van der Waals surface area contributed by atoms with Crippen molar-refractivity contribution in [2.45, 2.75) is 59.4 Å². The lowest BCUT2D eigenvalue weighted by atomic mass is 10.5. The summed E-state index contributed by atoms with van der Waals surface area (Å²) < 4.78 is 11.3. The van der Waals surface area contributed by atoms with Gasteiger partial charge in [0, 0.05) is 5.66 Å². The Morgan fingerprint density at radius 1 is 0.750 bits per heavy atom. The summed E-state index contributed by atoms with van der Waals surface area (Å²) in [5.41, 5.74) is 0.477. The van der Waals surface area contributed by atoms with Gasteiger partial charge in [0.05, 0.1) is 12.2 Å². The second kappa shape index (κ2) is 5.90. The molecule has 3 heteroatoms. The molecule has 0 aliphatic heterocycles. The molecule has 0 rings (SSSR count). The summed E-state index contributed by atoms with van der Waals surface area (Å²) in [5, 5.41) is 0. The molecular weight excluding hydrogens is 171 g/mol. The average molecular weight is 192 g/mol. The highest BCUT2D eigenvalue weighted by Crippen LogP contribution is 2.45. The van der Waals surface area contributed by atoms with Crippen LogP contribution in [0.15, 0.2) is 0 Å². The zero-order valence-corrected chi connectivity index (χ0v) is 9.89. The topological polar surface area (TPSA) is 18.5 Å². The summed E-state index contributed by atoms with van der Waals surface area (Å²) in [5.74, 6) is 0. The van der Waals surface area contributed by atoms with Crippen molar-refractivity contribution in [3.05, 3.63) is 0 Å². The molecule has 0 aliphatic carbocycles. The van der Waals surface area contributed by atoms with Gasteiger partial charge in [-0.05, 0) is 27.7 Å². The Labute approximate surface area is 77.6 Å². The third kappa shape index (κ3) is 5.93. The van der Waals surface area contributed by atoms with Gasteiger partial charge in [-0.1, -0.05) is 13.8 Å². The molecule has 0 aliphatic rings. The second-order valence-electron chi connectivity index (χ2n) is 3.69. The Morgan fingerprint density at radius 3 is 1.25 bits per heavy atom. The third-order valence-electron chi connectivity index (χ3n) is 1.05. The molecule has 12 heavy (non-hydrogen) atoms. The van der Waals surface area contributed by atoms with Crippen LogP contribution in [0, 0.1) is 0 Å². The molecule has 0 fully saturated rings. The molecule has 0 atom stereocenters. The highest BCUT2D eigenvalue weighted by atomic mass is 31.2. The van der Waals surface area contributed by atoms with E-state index in [4.69, 9.17) is 9.05 Å². The van der Waals surface area contributed by atoms with Gasteiger partial charge < -0.3 is 9.05 Å². The number of rotatable bonds is 5. The molecule has 2 nitrogen and oxygen atoms in total. The molecule has 0 aromatic rings. The minimum absolute atomic E-state index is 0.261. The van der Waals surface area contributed by atoms with Crippen LogP contribution in [0.2, 0.25) is 0 Å². The summed E-state index contributed by atoms with van der Waals surface area (Å²) in [6, 6.07) is 0. The highest BCUT2D eigenvalue weighted by Gasteiger charge is 2.18. The molecule has 0 aromatic carbocycles. The molecule has 0 spiro atoms. The molecule has 0 heterocycles. The molecule has 74 valence electrons. The van der Waals surface area contributed by atoms with Gasteiger partial charge in [0.15, 0.2) is 8.38 Å². The van der Waals surface area contributed by atoms with Gasteiger partial charge in [-0.2, -0.15) is 0 Å². The van der Waals surface area contributed by atoms with E-state index in [0.29, 0.717) is 5.66 Å². The minimum atomic E-state index is -0.699. The van der Waals surface area contributed by atoms with E-state index in [0.717, 1.165) is 0 Å². The third-order valence-corrected chi connectivity index (χ3v) is 3.15. The zero-order chi connectivity index (χ0) is 9.72. The Hall–Kier alpha value is 0.350. The fraction of sp³-hybridized carbons (Fsp3) is 1.00. The zero-order valence-electron chi connectivity index (χ0n) is 9.00. The molecule has 0 saturated carbocycles. The molecule has 0 amide bonds. The maximum Gasteiger partial charge on any atom is 0.173 e. The summed E-state index contributed by atoms with van der Waals surface area (Å²) in [4.78, 5) is 0. The fourth-order valence-electron chi connectivity index (χ4n) is 0.684. The maximum atomic E-state index is 5.67. The van der Waals surface area contributed by atoms with Gasteiger partial charge in [0.2, 0.25) is 0 Å². The Bertz CT molecular complexity index is 103. The summed E-state index contributed by atoms with van der Waals surface area (Å²) in [6.07, 6.45) is 0.523. The van der Waals surface area contributed by atoms with Crippen molar-refractivity contribution < 1.29 is 9.05 Å². The van der Waals surface area contributed by atoms with Crippen molar-refractivity contribution in [3.8, 4) is 0 Å². The first kappa shape index (κ1) is 12.3. The summed E-state index contributed by atoms with van der Waals surface area (Å²) in [7, 11) is -0.699. The lowest BCUT2D eigenvalue weighted by Gasteiger charge is -2.24. The molecule has 0 N–H and O–H groups in total. The molecular formula is C9H21O2P. The predicted octanol–water partition coefficient (Wildman–Crippen LogP) is 3.56. The van der Waals surface area contributed by atoms with Gasteiger partial charge >= 0.3 is 0 Å². The van der Waals surface area contributed by atoms with Crippen molar-refractivity contribution in [2.75, 3.05) is 0 Å². The Balaban J connectivity index is 3.87. The van der Waals surface area contributed by atoms with E-state index in [2.05, 4.69) is 13.8 Å². The SMILES string of the molecule is CC(C)OP(OC(C)C)C(C)C. The normalized spacial score (nSPS) is 12.5. The van der Waals surface area contributed by atoms with Crippen molar-refractivity contribution in [1.29, 1.82) is 0 Å². The minimum Gasteiger partial charge on any atom is -0.331 e. The van der Waals surface area contributed by atoms with Gasteiger partial charge in [0.1, 0.15) is 0 Å². The van der Waals surface area contributed by atoms with Crippen LogP contribution in [-0.2, 0) is 9.05 Å². The van der Waals surface area contributed by atoms with Gasteiger partial charge in [-0.3, -0.25) is 0 Å². The van der Waals surface area contributed by atoms with Gasteiger partial charge in [-0.25, -0.2) is 0 Å². The van der Waals surface area contributed by atoms with Crippen LogP contribution in [0.1, 0.15) is 41.5 Å². The summed E-state index contributed by atoms with van der Waals surface area (Å²) in [6.45, 7) is 12.4. The van der Waals surface area contributed by atoms with Crippen LogP contribution in [0.5, 0.6) is 0 Å². The molecule has 0 unspecified atom stereocenters. The number of hydrogen-bond acceptors (Lipinski definition) is 2. The lowest BCUT2D eigenvalue weighted by molar-refractivity contribution is 0.174. The fourth-order valence-corrected chi connectivity index (χ4v) is 2.05. The van der Waals surface area contributed by atoms with E-state index in [1.54, 1.807) is 0 Å². The standard InChI is InChI=1S/C9H21O2P/c1-7(2)10-12(9(5)6)11-8(3)4/h7-9H,1-6H3. The van der Waals surface area contributed by atoms with Crippen LogP contribution in [0.25, 0.3) is 0 Å². The average Bonchev–Trinajstić information content (AvgIpc) is 1.83. The largest absolute Gasteiger partial charge is 0.331 e. The second-order valence-corrected chi connectivity index (χ2v) is 5.71. The molecule has 0 bridgehead atoms. The van der Waals surface area contributed by atoms with Gasteiger partial charge in [-0.15, -0.1) is 0 Å². The maximum absolute atomic E-state index is 5.67. The van der Waals surface area contributed by atoms with Crippen molar-refractivity contribution >= 4 is 8.38 Å². The van der Waals surface area contributed by atoms with Crippen LogP contribution in [-0.4, -0.2) is 17.9 Å². The van der Waals surface area contributed by atoms with Crippen molar-refractivity contribution in [1.82, 2.24) is 0 Å². The molecule has 0 aromatic heterocycles.